The molecule has 1 aromatic carbocycles. The second kappa shape index (κ2) is 5.77. The molecule has 2 rings (SSSR count). The largest absolute Gasteiger partial charge is 0.350 e. The molecule has 0 bridgehead atoms. The van der Waals surface area contributed by atoms with Gasteiger partial charge in [0, 0.05) is 12.7 Å². The summed E-state index contributed by atoms with van der Waals surface area (Å²) in [5.74, 6) is -0.934. The van der Waals surface area contributed by atoms with Gasteiger partial charge in [-0.1, -0.05) is 12.1 Å². The van der Waals surface area contributed by atoms with E-state index in [1.165, 1.54) is 12.1 Å². The summed E-state index contributed by atoms with van der Waals surface area (Å²) in [5.41, 5.74) is 0.0548. The highest BCUT2D eigenvalue weighted by molar-refractivity contribution is 9.10. The Morgan fingerprint density at radius 3 is 2.89 bits per heavy atom. The molecule has 1 heterocycles. The fourth-order valence-electron chi connectivity index (χ4n) is 1.49. The average molecular weight is 312 g/mol. The number of aromatic nitrogens is 2. The maximum absolute atomic E-state index is 13.3. The number of halogens is 2. The smallest absolute Gasteiger partial charge is 0.254 e. The maximum Gasteiger partial charge on any atom is 0.254 e. The molecule has 0 fully saturated rings. The van der Waals surface area contributed by atoms with E-state index in [-0.39, 0.29) is 5.56 Å². The topological polar surface area (TPSA) is 46.9 Å². The van der Waals surface area contributed by atoms with Gasteiger partial charge in [-0.2, -0.15) is 5.10 Å². The first kappa shape index (κ1) is 12.8. The summed E-state index contributed by atoms with van der Waals surface area (Å²) >= 11 is 3.28. The molecule has 0 atom stereocenters. The highest BCUT2D eigenvalue weighted by Gasteiger charge is 2.09. The van der Waals surface area contributed by atoms with E-state index in [1.807, 2.05) is 0 Å². The molecular weight excluding hydrogens is 301 g/mol. The zero-order valence-corrected chi connectivity index (χ0v) is 11.0. The number of nitrogens with one attached hydrogen (secondary N) is 1. The van der Waals surface area contributed by atoms with Gasteiger partial charge in [0.1, 0.15) is 5.82 Å². The van der Waals surface area contributed by atoms with Gasteiger partial charge in [-0.3, -0.25) is 9.48 Å². The Morgan fingerprint density at radius 2 is 2.22 bits per heavy atom. The first-order valence-electron chi connectivity index (χ1n) is 5.37. The van der Waals surface area contributed by atoms with Crippen LogP contribution in [0.3, 0.4) is 0 Å². The molecule has 0 spiro atoms. The number of hydrogen-bond donors (Lipinski definition) is 1. The van der Waals surface area contributed by atoms with Crippen LogP contribution in [0, 0.1) is 5.82 Å². The number of carbonyl (C=O) groups is 1. The van der Waals surface area contributed by atoms with Crippen molar-refractivity contribution >= 4 is 21.8 Å². The Hall–Kier alpha value is -1.69. The van der Waals surface area contributed by atoms with Gasteiger partial charge < -0.3 is 5.32 Å². The molecule has 1 aromatic heterocycles. The molecule has 0 unspecified atom stereocenters. The predicted octanol–water partition coefficient (Wildman–Crippen LogP) is 2.21. The summed E-state index contributed by atoms with van der Waals surface area (Å²) in [6.45, 7) is 0.924. The second-order valence-corrected chi connectivity index (χ2v) is 4.57. The Kier molecular flexibility index (Phi) is 4.09. The molecule has 1 amide bonds. The van der Waals surface area contributed by atoms with Crippen LogP contribution in [0.4, 0.5) is 4.39 Å². The zero-order valence-electron chi connectivity index (χ0n) is 9.44. The molecule has 0 saturated carbocycles. The van der Waals surface area contributed by atoms with Crippen molar-refractivity contribution in [2.75, 3.05) is 6.54 Å². The van der Waals surface area contributed by atoms with Crippen LogP contribution in [-0.2, 0) is 6.54 Å². The first-order chi connectivity index (χ1) is 8.66. The molecule has 1 N–H and O–H groups in total. The molecule has 6 heteroatoms. The molecule has 18 heavy (non-hydrogen) atoms. The van der Waals surface area contributed by atoms with Crippen LogP contribution >= 0.6 is 15.9 Å². The van der Waals surface area contributed by atoms with E-state index >= 15 is 0 Å². The van der Waals surface area contributed by atoms with Gasteiger partial charge in [0.2, 0.25) is 0 Å². The second-order valence-electron chi connectivity index (χ2n) is 3.66. The number of carbonyl (C=O) groups excluding carboxylic acids is 1. The van der Waals surface area contributed by atoms with Gasteiger partial charge in [-0.05, 0) is 28.1 Å². The third-order valence-corrected chi connectivity index (χ3v) is 2.76. The third-order valence-electron chi connectivity index (χ3n) is 2.35. The Balaban J connectivity index is 1.87. The fraction of sp³-hybridized carbons (Fsp3) is 0.167. The van der Waals surface area contributed by atoms with Gasteiger partial charge in [-0.25, -0.2) is 4.39 Å². The lowest BCUT2D eigenvalue weighted by molar-refractivity contribution is 0.0948. The van der Waals surface area contributed by atoms with Crippen LogP contribution in [-0.4, -0.2) is 22.2 Å². The van der Waals surface area contributed by atoms with E-state index < -0.39 is 11.7 Å². The van der Waals surface area contributed by atoms with E-state index in [4.69, 9.17) is 0 Å². The van der Waals surface area contributed by atoms with Crippen LogP contribution in [0.1, 0.15) is 10.4 Å². The lowest BCUT2D eigenvalue weighted by atomic mass is 10.2. The minimum Gasteiger partial charge on any atom is -0.350 e. The van der Waals surface area contributed by atoms with E-state index in [0.29, 0.717) is 13.1 Å². The molecule has 94 valence electrons. The molecule has 0 aliphatic heterocycles. The number of nitrogens with zero attached hydrogens (tertiary/aromatic N) is 2. The highest BCUT2D eigenvalue weighted by atomic mass is 79.9. The number of hydrogen-bond acceptors (Lipinski definition) is 2. The quantitative estimate of drug-likeness (QED) is 0.941. The van der Waals surface area contributed by atoms with Crippen molar-refractivity contribution in [1.82, 2.24) is 15.1 Å². The minimum absolute atomic E-state index is 0.0548. The van der Waals surface area contributed by atoms with Gasteiger partial charge in [0.25, 0.3) is 5.91 Å². The predicted molar refractivity (Wildman–Crippen MR) is 68.7 cm³/mol. The van der Waals surface area contributed by atoms with E-state index in [1.54, 1.807) is 29.2 Å². The molecule has 0 saturated heterocycles. The Labute approximate surface area is 112 Å². The summed E-state index contributed by atoms with van der Waals surface area (Å²) < 4.78 is 15.9. The molecule has 0 aliphatic carbocycles. The van der Waals surface area contributed by atoms with Gasteiger partial charge in [0.05, 0.1) is 22.8 Å². The molecule has 0 aliphatic rings. The summed E-state index contributed by atoms with van der Waals surface area (Å²) in [7, 11) is 0. The van der Waals surface area contributed by atoms with Gasteiger partial charge in [0.15, 0.2) is 0 Å². The van der Waals surface area contributed by atoms with E-state index in [0.717, 1.165) is 4.47 Å². The number of benzene rings is 1. The van der Waals surface area contributed by atoms with Crippen molar-refractivity contribution in [3.8, 4) is 0 Å². The SMILES string of the molecule is O=C(NCCn1cc(Br)cn1)c1ccccc1F. The molecule has 4 nitrogen and oxygen atoms in total. The number of rotatable bonds is 4. The van der Waals surface area contributed by atoms with E-state index in [9.17, 15) is 9.18 Å². The standard InChI is InChI=1S/C12H11BrFN3O/c13-9-7-16-17(8-9)6-5-15-12(18)10-3-1-2-4-11(10)14/h1-4,7-8H,5-6H2,(H,15,18). The van der Waals surface area contributed by atoms with Gasteiger partial charge >= 0.3 is 0 Å². The molecular formula is C12H11BrFN3O. The van der Waals surface area contributed by atoms with Crippen LogP contribution in [0.25, 0.3) is 0 Å². The number of amides is 1. The van der Waals surface area contributed by atoms with E-state index in [2.05, 4.69) is 26.3 Å². The highest BCUT2D eigenvalue weighted by Crippen LogP contribution is 2.06. The van der Waals surface area contributed by atoms with Crippen molar-refractivity contribution in [3.63, 3.8) is 0 Å². The van der Waals surface area contributed by atoms with Crippen LogP contribution in [0.15, 0.2) is 41.1 Å². The van der Waals surface area contributed by atoms with Gasteiger partial charge in [-0.15, -0.1) is 0 Å². The third kappa shape index (κ3) is 3.16. The summed E-state index contributed by atoms with van der Waals surface area (Å²) in [6.07, 6.45) is 3.47. The lowest BCUT2D eigenvalue weighted by Crippen LogP contribution is -2.28. The maximum atomic E-state index is 13.3. The zero-order chi connectivity index (χ0) is 13.0. The van der Waals surface area contributed by atoms with Crippen LogP contribution < -0.4 is 5.32 Å². The normalized spacial score (nSPS) is 10.3. The summed E-state index contributed by atoms with van der Waals surface area (Å²) in [4.78, 5) is 11.7. The molecule has 0 radical (unpaired) electrons. The minimum atomic E-state index is -0.517. The monoisotopic (exact) mass is 311 g/mol. The first-order valence-corrected chi connectivity index (χ1v) is 6.17. The van der Waals surface area contributed by atoms with Crippen LogP contribution in [0.2, 0.25) is 0 Å². The van der Waals surface area contributed by atoms with Crippen molar-refractivity contribution in [3.05, 3.63) is 52.5 Å². The van der Waals surface area contributed by atoms with Crippen molar-refractivity contribution < 1.29 is 9.18 Å². The van der Waals surface area contributed by atoms with Crippen molar-refractivity contribution in [1.29, 1.82) is 0 Å². The average Bonchev–Trinajstić information content (AvgIpc) is 2.75. The van der Waals surface area contributed by atoms with Crippen molar-refractivity contribution in [2.45, 2.75) is 6.54 Å². The Morgan fingerprint density at radius 1 is 1.44 bits per heavy atom. The summed E-state index contributed by atoms with van der Waals surface area (Å²) in [5, 5.41) is 6.69. The van der Waals surface area contributed by atoms with Crippen molar-refractivity contribution in [2.24, 2.45) is 0 Å². The lowest BCUT2D eigenvalue weighted by Gasteiger charge is -2.06. The molecule has 2 aromatic rings. The summed E-state index contributed by atoms with van der Waals surface area (Å²) in [6, 6.07) is 5.89. The Bertz CT molecular complexity index is 556. The fourth-order valence-corrected chi connectivity index (χ4v) is 1.81. The van der Waals surface area contributed by atoms with Crippen LogP contribution in [0.5, 0.6) is 0 Å².